The van der Waals surface area contributed by atoms with E-state index in [0.29, 0.717) is 28.7 Å². The van der Waals surface area contributed by atoms with E-state index in [1.54, 1.807) is 6.07 Å². The molecule has 1 N–H and O–H groups in total. The van der Waals surface area contributed by atoms with Crippen LogP contribution in [0.2, 0.25) is 0 Å². The molecule has 0 saturated carbocycles. The van der Waals surface area contributed by atoms with Crippen LogP contribution in [0.1, 0.15) is 39.2 Å². The maximum absolute atomic E-state index is 12.9. The molecule has 0 unspecified atom stereocenters. The Hall–Kier alpha value is -2.76. The van der Waals surface area contributed by atoms with Crippen LogP contribution in [0.25, 0.3) is 0 Å². The number of thiazole rings is 1. The summed E-state index contributed by atoms with van der Waals surface area (Å²) in [6.07, 6.45) is -0.981. The molecule has 2 heterocycles. The monoisotopic (exact) mass is 495 g/mol. The zero-order valence-corrected chi connectivity index (χ0v) is 18.9. The Morgan fingerprint density at radius 1 is 1.09 bits per heavy atom. The molecule has 11 heteroatoms. The van der Waals surface area contributed by atoms with E-state index < -0.39 is 27.7 Å². The van der Waals surface area contributed by atoms with Crippen molar-refractivity contribution in [1.82, 2.24) is 9.29 Å². The van der Waals surface area contributed by atoms with Crippen molar-refractivity contribution >= 4 is 32.4 Å². The van der Waals surface area contributed by atoms with E-state index in [2.05, 4.69) is 10.3 Å². The summed E-state index contributed by atoms with van der Waals surface area (Å²) >= 11 is 1.16. The third kappa shape index (κ3) is 5.43. The lowest BCUT2D eigenvalue weighted by molar-refractivity contribution is -0.137. The maximum Gasteiger partial charge on any atom is 0.416 e. The fraction of sp³-hybridized carbons (Fsp3) is 0.273. The van der Waals surface area contributed by atoms with Crippen molar-refractivity contribution < 1.29 is 26.4 Å². The normalized spacial score (nSPS) is 15.0. The van der Waals surface area contributed by atoms with E-state index in [1.807, 2.05) is 0 Å². The van der Waals surface area contributed by atoms with Gasteiger partial charge in [0, 0.05) is 36.1 Å². The number of carbonyl (C=O) groups is 1. The molecule has 1 amide bonds. The fourth-order valence-electron chi connectivity index (χ4n) is 3.53. The predicted octanol–water partition coefficient (Wildman–Crippen LogP) is 4.79. The van der Waals surface area contributed by atoms with Crippen LogP contribution in [-0.4, -0.2) is 36.7 Å². The number of halogens is 3. The minimum atomic E-state index is -4.41. The molecule has 174 valence electrons. The standard InChI is InChI=1S/C22H20F3N3O3S2/c23-22(24,25)17-5-3-4-15(12-17)13-18-14-26-21(32-18)27-20(29)16-6-8-19(9-7-16)33(30,31)28-10-1-2-11-28/h3-9,12,14H,1-2,10-11,13H2,(H,26,27,29). The van der Waals surface area contributed by atoms with Crippen LogP contribution in [0.3, 0.4) is 0 Å². The fourth-order valence-corrected chi connectivity index (χ4v) is 5.89. The van der Waals surface area contributed by atoms with E-state index in [0.717, 1.165) is 36.3 Å². The molecule has 1 aliphatic rings. The molecule has 0 bridgehead atoms. The number of amides is 1. The average Bonchev–Trinajstić information content (AvgIpc) is 3.46. The minimum absolute atomic E-state index is 0.138. The van der Waals surface area contributed by atoms with Crippen molar-refractivity contribution in [1.29, 1.82) is 0 Å². The number of anilines is 1. The summed E-state index contributed by atoms with van der Waals surface area (Å²) in [5.74, 6) is -0.458. The Labute approximate surface area is 193 Å². The first-order valence-electron chi connectivity index (χ1n) is 10.2. The van der Waals surface area contributed by atoms with Crippen molar-refractivity contribution in [2.24, 2.45) is 0 Å². The number of nitrogens with zero attached hydrogens (tertiary/aromatic N) is 2. The molecule has 1 fully saturated rings. The third-order valence-corrected chi connectivity index (χ3v) is 8.05. The molecule has 0 atom stereocenters. The second-order valence-electron chi connectivity index (χ2n) is 7.60. The van der Waals surface area contributed by atoms with Crippen LogP contribution < -0.4 is 5.32 Å². The maximum atomic E-state index is 12.9. The van der Waals surface area contributed by atoms with Crippen LogP contribution >= 0.6 is 11.3 Å². The first-order valence-corrected chi connectivity index (χ1v) is 12.4. The van der Waals surface area contributed by atoms with Crippen molar-refractivity contribution in [3.8, 4) is 0 Å². The Bertz CT molecular complexity index is 1250. The third-order valence-electron chi connectivity index (χ3n) is 5.23. The van der Waals surface area contributed by atoms with Gasteiger partial charge in [-0.1, -0.05) is 18.2 Å². The summed E-state index contributed by atoms with van der Waals surface area (Å²) in [4.78, 5) is 17.5. The Balaban J connectivity index is 1.41. The number of carbonyl (C=O) groups excluding carboxylic acids is 1. The van der Waals surface area contributed by atoms with E-state index >= 15 is 0 Å². The van der Waals surface area contributed by atoms with Crippen LogP contribution in [0.15, 0.2) is 59.6 Å². The SMILES string of the molecule is O=C(Nc1ncc(Cc2cccc(C(F)(F)F)c2)s1)c1ccc(S(=O)(=O)N2CCCC2)cc1. The molecular weight excluding hydrogens is 475 g/mol. The Morgan fingerprint density at radius 2 is 1.79 bits per heavy atom. The molecule has 33 heavy (non-hydrogen) atoms. The topological polar surface area (TPSA) is 79.4 Å². The summed E-state index contributed by atoms with van der Waals surface area (Å²) in [6, 6.07) is 10.8. The molecule has 0 radical (unpaired) electrons. The number of sulfonamides is 1. The highest BCUT2D eigenvalue weighted by molar-refractivity contribution is 7.89. The molecule has 6 nitrogen and oxygen atoms in total. The van der Waals surface area contributed by atoms with Gasteiger partial charge in [0.15, 0.2) is 5.13 Å². The van der Waals surface area contributed by atoms with Crippen molar-refractivity contribution in [2.45, 2.75) is 30.3 Å². The average molecular weight is 496 g/mol. The van der Waals surface area contributed by atoms with Gasteiger partial charge in [-0.05, 0) is 48.7 Å². The minimum Gasteiger partial charge on any atom is -0.298 e. The van der Waals surface area contributed by atoms with E-state index in [4.69, 9.17) is 0 Å². The van der Waals surface area contributed by atoms with Gasteiger partial charge < -0.3 is 0 Å². The summed E-state index contributed by atoms with van der Waals surface area (Å²) in [6.45, 7) is 0.995. The molecule has 1 aliphatic heterocycles. The quantitative estimate of drug-likeness (QED) is 0.533. The smallest absolute Gasteiger partial charge is 0.298 e. The number of hydrogen-bond donors (Lipinski definition) is 1. The van der Waals surface area contributed by atoms with Gasteiger partial charge in [-0.15, -0.1) is 11.3 Å². The molecule has 4 rings (SSSR count). The predicted molar refractivity (Wildman–Crippen MR) is 119 cm³/mol. The first-order chi connectivity index (χ1) is 15.6. The van der Waals surface area contributed by atoms with Gasteiger partial charge in [0.25, 0.3) is 5.91 Å². The van der Waals surface area contributed by atoms with Crippen molar-refractivity contribution in [3.63, 3.8) is 0 Å². The second-order valence-corrected chi connectivity index (χ2v) is 10.6. The highest BCUT2D eigenvalue weighted by atomic mass is 32.2. The van der Waals surface area contributed by atoms with Crippen LogP contribution in [0.5, 0.6) is 0 Å². The van der Waals surface area contributed by atoms with Gasteiger partial charge in [-0.3, -0.25) is 10.1 Å². The van der Waals surface area contributed by atoms with Crippen molar-refractivity contribution in [3.05, 3.63) is 76.3 Å². The number of benzene rings is 2. The van der Waals surface area contributed by atoms with Gasteiger partial charge in [-0.2, -0.15) is 17.5 Å². The molecule has 1 aromatic heterocycles. The summed E-state index contributed by atoms with van der Waals surface area (Å²) in [5, 5.41) is 2.94. The molecule has 0 spiro atoms. The number of alkyl halides is 3. The molecular formula is C22H20F3N3O3S2. The zero-order chi connectivity index (χ0) is 23.6. The molecule has 0 aliphatic carbocycles. The van der Waals surface area contributed by atoms with Gasteiger partial charge in [0.05, 0.1) is 10.5 Å². The van der Waals surface area contributed by atoms with Gasteiger partial charge in [-0.25, -0.2) is 13.4 Å². The van der Waals surface area contributed by atoms with Crippen LogP contribution in [0, 0.1) is 0 Å². The lowest BCUT2D eigenvalue weighted by Crippen LogP contribution is -2.27. The second kappa shape index (κ2) is 9.24. The van der Waals surface area contributed by atoms with Crippen molar-refractivity contribution in [2.75, 3.05) is 18.4 Å². The summed E-state index contributed by atoms with van der Waals surface area (Å²) in [7, 11) is -3.56. The van der Waals surface area contributed by atoms with Gasteiger partial charge in [0.1, 0.15) is 0 Å². The molecule has 3 aromatic rings. The lowest BCUT2D eigenvalue weighted by atomic mass is 10.1. The number of hydrogen-bond acceptors (Lipinski definition) is 5. The Kier molecular flexibility index (Phi) is 6.55. The van der Waals surface area contributed by atoms with Gasteiger partial charge >= 0.3 is 6.18 Å². The number of nitrogens with one attached hydrogen (secondary N) is 1. The van der Waals surface area contributed by atoms with Crippen LogP contribution in [-0.2, 0) is 22.6 Å². The van der Waals surface area contributed by atoms with E-state index in [1.165, 1.54) is 40.8 Å². The largest absolute Gasteiger partial charge is 0.416 e. The molecule has 1 saturated heterocycles. The molecule has 2 aromatic carbocycles. The number of rotatable bonds is 6. The summed E-state index contributed by atoms with van der Waals surface area (Å²) < 4.78 is 65.3. The highest BCUT2D eigenvalue weighted by Crippen LogP contribution is 2.30. The number of aromatic nitrogens is 1. The highest BCUT2D eigenvalue weighted by Gasteiger charge is 2.30. The summed E-state index contributed by atoms with van der Waals surface area (Å²) in [5.41, 5.74) is 0.0411. The first kappa shape index (κ1) is 23.4. The van der Waals surface area contributed by atoms with Gasteiger partial charge in [0.2, 0.25) is 10.0 Å². The van der Waals surface area contributed by atoms with E-state index in [9.17, 15) is 26.4 Å². The zero-order valence-electron chi connectivity index (χ0n) is 17.3. The van der Waals surface area contributed by atoms with E-state index in [-0.39, 0.29) is 16.9 Å². The Morgan fingerprint density at radius 3 is 2.45 bits per heavy atom. The lowest BCUT2D eigenvalue weighted by Gasteiger charge is -2.15. The van der Waals surface area contributed by atoms with Crippen LogP contribution in [0.4, 0.5) is 18.3 Å².